The van der Waals surface area contributed by atoms with E-state index >= 15 is 0 Å². The van der Waals surface area contributed by atoms with Crippen molar-refractivity contribution >= 4 is 44.2 Å². The standard InChI is InChI=1S/C45H34O4S2/c46-17-19-48-37-13-7-29-23-35(11-5-31(29)25-37)45(36-12-6-32-26-38(49-20-18-47)14-8-30(32)24-36)41-15-9-33(43-3-1-21-50-43)27-39(41)40-28-34(10-16-42(40)45)44-4-2-22-51-44/h1-16,21-28,46-47H,17-20H2. The molecule has 4 nitrogen and oxygen atoms in total. The molecule has 0 amide bonds. The number of hydrogen-bond donors (Lipinski definition) is 2. The highest BCUT2D eigenvalue weighted by Gasteiger charge is 2.46. The second-order valence-electron chi connectivity index (χ2n) is 12.8. The lowest BCUT2D eigenvalue weighted by atomic mass is 9.67. The van der Waals surface area contributed by atoms with Crippen LogP contribution in [0.25, 0.3) is 53.6 Å². The molecule has 2 aromatic heterocycles. The maximum atomic E-state index is 9.31. The largest absolute Gasteiger partial charge is 0.491 e. The van der Waals surface area contributed by atoms with E-state index in [0.717, 1.165) is 33.0 Å². The van der Waals surface area contributed by atoms with Gasteiger partial charge in [-0.25, -0.2) is 0 Å². The average Bonchev–Trinajstić information content (AvgIpc) is 3.97. The van der Waals surface area contributed by atoms with Gasteiger partial charge in [0.05, 0.1) is 18.6 Å². The molecule has 0 bridgehead atoms. The van der Waals surface area contributed by atoms with Crippen LogP contribution in [-0.4, -0.2) is 36.6 Å². The number of aliphatic hydroxyl groups is 2. The first-order valence-corrected chi connectivity index (χ1v) is 18.8. The summed E-state index contributed by atoms with van der Waals surface area (Å²) in [5.41, 5.74) is 9.21. The fourth-order valence-corrected chi connectivity index (χ4v) is 9.18. The molecule has 0 spiro atoms. The predicted octanol–water partition coefficient (Wildman–Crippen LogP) is 10.6. The highest BCUT2D eigenvalue weighted by molar-refractivity contribution is 7.13. The molecular formula is C45H34O4S2. The summed E-state index contributed by atoms with van der Waals surface area (Å²) in [6.45, 7) is 0.476. The van der Waals surface area contributed by atoms with E-state index in [-0.39, 0.29) is 26.4 Å². The molecule has 0 saturated carbocycles. The zero-order valence-corrected chi connectivity index (χ0v) is 29.3. The van der Waals surface area contributed by atoms with Crippen LogP contribution in [0.15, 0.2) is 144 Å². The zero-order chi connectivity index (χ0) is 34.4. The van der Waals surface area contributed by atoms with Crippen molar-refractivity contribution in [2.75, 3.05) is 26.4 Å². The van der Waals surface area contributed by atoms with E-state index in [2.05, 4.69) is 120 Å². The van der Waals surface area contributed by atoms with Gasteiger partial charge in [-0.05, 0) is 137 Å². The zero-order valence-electron chi connectivity index (χ0n) is 27.7. The van der Waals surface area contributed by atoms with Crippen LogP contribution in [0.5, 0.6) is 11.5 Å². The Kier molecular flexibility index (Phi) is 8.17. The Labute approximate surface area is 304 Å². The van der Waals surface area contributed by atoms with Crippen molar-refractivity contribution in [2.45, 2.75) is 5.41 Å². The smallest absolute Gasteiger partial charge is 0.120 e. The Morgan fingerprint density at radius 2 is 0.922 bits per heavy atom. The average molecular weight is 703 g/mol. The number of ether oxygens (including phenoxy) is 2. The van der Waals surface area contributed by atoms with Crippen LogP contribution in [0.2, 0.25) is 0 Å². The van der Waals surface area contributed by atoms with Gasteiger partial charge in [0.25, 0.3) is 0 Å². The summed E-state index contributed by atoms with van der Waals surface area (Å²) in [5.74, 6) is 1.49. The lowest BCUT2D eigenvalue weighted by molar-refractivity contribution is 0.201. The Morgan fingerprint density at radius 3 is 1.35 bits per heavy atom. The highest BCUT2D eigenvalue weighted by atomic mass is 32.1. The second-order valence-corrected chi connectivity index (χ2v) is 14.7. The summed E-state index contributed by atoms with van der Waals surface area (Å²) in [5, 5.41) is 27.3. The molecule has 0 aliphatic heterocycles. The third kappa shape index (κ3) is 5.43. The van der Waals surface area contributed by atoms with E-state index in [1.165, 1.54) is 54.3 Å². The molecular weight excluding hydrogens is 669 g/mol. The fraction of sp³-hybridized carbons (Fsp3) is 0.111. The molecule has 250 valence electrons. The van der Waals surface area contributed by atoms with Crippen molar-refractivity contribution in [3.63, 3.8) is 0 Å². The molecule has 0 atom stereocenters. The summed E-state index contributed by atoms with van der Waals surface area (Å²) in [6, 6.07) is 48.5. The van der Waals surface area contributed by atoms with Crippen molar-refractivity contribution in [1.82, 2.24) is 0 Å². The topological polar surface area (TPSA) is 58.9 Å². The predicted molar refractivity (Wildman–Crippen MR) is 211 cm³/mol. The molecule has 0 fully saturated rings. The number of rotatable bonds is 10. The van der Waals surface area contributed by atoms with Gasteiger partial charge in [0.1, 0.15) is 24.7 Å². The maximum absolute atomic E-state index is 9.31. The maximum Gasteiger partial charge on any atom is 0.120 e. The van der Waals surface area contributed by atoms with Crippen LogP contribution in [0.1, 0.15) is 22.3 Å². The summed E-state index contributed by atoms with van der Waals surface area (Å²) in [7, 11) is 0. The van der Waals surface area contributed by atoms with Gasteiger partial charge >= 0.3 is 0 Å². The SMILES string of the molecule is OCCOc1ccc2cc(C3(c4ccc5cc(OCCO)ccc5c4)c4ccc(-c5cccs5)cc4-c4cc(-c5cccs5)ccc43)ccc2c1. The highest BCUT2D eigenvalue weighted by Crippen LogP contribution is 2.58. The molecule has 6 aromatic carbocycles. The summed E-state index contributed by atoms with van der Waals surface area (Å²) >= 11 is 3.53. The Bertz CT molecular complexity index is 2340. The van der Waals surface area contributed by atoms with Gasteiger partial charge in [-0.3, -0.25) is 0 Å². The summed E-state index contributed by atoms with van der Waals surface area (Å²) < 4.78 is 11.5. The monoisotopic (exact) mass is 702 g/mol. The molecule has 0 radical (unpaired) electrons. The van der Waals surface area contributed by atoms with Crippen molar-refractivity contribution in [3.8, 4) is 43.5 Å². The van der Waals surface area contributed by atoms with Gasteiger partial charge in [0, 0.05) is 9.75 Å². The van der Waals surface area contributed by atoms with Crippen LogP contribution in [0.3, 0.4) is 0 Å². The number of hydrogen-bond acceptors (Lipinski definition) is 6. The van der Waals surface area contributed by atoms with E-state index in [1.54, 1.807) is 22.7 Å². The first kappa shape index (κ1) is 31.7. The van der Waals surface area contributed by atoms with E-state index in [9.17, 15) is 10.2 Å². The Morgan fingerprint density at radius 1 is 0.471 bits per heavy atom. The van der Waals surface area contributed by atoms with Crippen LogP contribution in [-0.2, 0) is 5.41 Å². The minimum absolute atomic E-state index is 0.0243. The van der Waals surface area contributed by atoms with Crippen LogP contribution in [0.4, 0.5) is 0 Å². The number of fused-ring (bicyclic) bond motifs is 5. The molecule has 0 unspecified atom stereocenters. The van der Waals surface area contributed by atoms with Crippen LogP contribution >= 0.6 is 22.7 Å². The summed E-state index contributed by atoms with van der Waals surface area (Å²) in [6.07, 6.45) is 0. The van der Waals surface area contributed by atoms with Gasteiger partial charge in [-0.1, -0.05) is 72.8 Å². The molecule has 2 N–H and O–H groups in total. The number of benzene rings is 6. The molecule has 2 heterocycles. The molecule has 1 aliphatic carbocycles. The molecule has 1 aliphatic rings. The molecule has 6 heteroatoms. The number of aliphatic hydroxyl groups excluding tert-OH is 2. The Balaban J connectivity index is 1.32. The van der Waals surface area contributed by atoms with E-state index in [0.29, 0.717) is 0 Å². The molecule has 0 saturated heterocycles. The van der Waals surface area contributed by atoms with Crippen molar-refractivity contribution in [2.24, 2.45) is 0 Å². The lowest BCUT2D eigenvalue weighted by Gasteiger charge is -2.34. The fourth-order valence-electron chi connectivity index (χ4n) is 7.73. The van der Waals surface area contributed by atoms with Gasteiger partial charge in [-0.15, -0.1) is 22.7 Å². The lowest BCUT2D eigenvalue weighted by Crippen LogP contribution is -2.28. The molecule has 51 heavy (non-hydrogen) atoms. The van der Waals surface area contributed by atoms with Crippen molar-refractivity contribution in [3.05, 3.63) is 166 Å². The minimum Gasteiger partial charge on any atom is -0.491 e. The number of thiophene rings is 2. The van der Waals surface area contributed by atoms with E-state index in [4.69, 9.17) is 9.47 Å². The third-order valence-electron chi connectivity index (χ3n) is 9.96. The summed E-state index contributed by atoms with van der Waals surface area (Å²) in [4.78, 5) is 2.50. The molecule has 8 aromatic rings. The van der Waals surface area contributed by atoms with Crippen molar-refractivity contribution in [1.29, 1.82) is 0 Å². The molecule has 9 rings (SSSR count). The van der Waals surface area contributed by atoms with Gasteiger partial charge in [0.15, 0.2) is 0 Å². The van der Waals surface area contributed by atoms with Crippen LogP contribution < -0.4 is 9.47 Å². The Hall–Kier alpha value is -5.24. The van der Waals surface area contributed by atoms with Gasteiger partial charge in [0.2, 0.25) is 0 Å². The third-order valence-corrected chi connectivity index (χ3v) is 11.8. The van der Waals surface area contributed by atoms with E-state index in [1.807, 2.05) is 24.3 Å². The van der Waals surface area contributed by atoms with E-state index < -0.39 is 5.41 Å². The quantitative estimate of drug-likeness (QED) is 0.149. The first-order chi connectivity index (χ1) is 25.1. The van der Waals surface area contributed by atoms with Gasteiger partial charge < -0.3 is 19.7 Å². The normalized spacial score (nSPS) is 13.0. The van der Waals surface area contributed by atoms with Gasteiger partial charge in [-0.2, -0.15) is 0 Å². The van der Waals surface area contributed by atoms with Crippen LogP contribution in [0, 0.1) is 0 Å². The van der Waals surface area contributed by atoms with Crippen molar-refractivity contribution < 1.29 is 19.7 Å². The second kappa shape index (κ2) is 13.1. The minimum atomic E-state index is -0.604. The first-order valence-electron chi connectivity index (χ1n) is 17.1.